The van der Waals surface area contributed by atoms with Crippen LogP contribution in [0.2, 0.25) is 5.02 Å². The highest BCUT2D eigenvalue weighted by Gasteiger charge is 2.25. The van der Waals surface area contributed by atoms with Crippen LogP contribution < -0.4 is 16.8 Å². The van der Waals surface area contributed by atoms with E-state index in [2.05, 4.69) is 28.5 Å². The first-order chi connectivity index (χ1) is 14.6. The molecule has 1 aliphatic carbocycles. The van der Waals surface area contributed by atoms with E-state index in [1.165, 1.54) is 0 Å². The summed E-state index contributed by atoms with van der Waals surface area (Å²) in [5.41, 5.74) is 13.3. The molecule has 8 heteroatoms. The van der Waals surface area contributed by atoms with Crippen LogP contribution in [0.15, 0.2) is 59.6 Å². The van der Waals surface area contributed by atoms with Gasteiger partial charge in [-0.3, -0.25) is 0 Å². The van der Waals surface area contributed by atoms with Crippen LogP contribution >= 0.6 is 36.4 Å². The van der Waals surface area contributed by atoms with Crippen molar-refractivity contribution in [2.45, 2.75) is 37.8 Å². The Morgan fingerprint density at radius 3 is 2.47 bits per heavy atom. The minimum atomic E-state index is 0. The Bertz CT molecular complexity index is 1080. The van der Waals surface area contributed by atoms with Crippen molar-refractivity contribution in [2.75, 3.05) is 5.32 Å². The van der Waals surface area contributed by atoms with Gasteiger partial charge in [0.25, 0.3) is 0 Å². The van der Waals surface area contributed by atoms with Crippen molar-refractivity contribution in [1.29, 1.82) is 0 Å². The number of rotatable bonds is 5. The third kappa shape index (κ3) is 6.52. The summed E-state index contributed by atoms with van der Waals surface area (Å²) in [6.07, 6.45) is 8.35. The highest BCUT2D eigenvalue weighted by molar-refractivity contribution is 6.30. The maximum absolute atomic E-state index is 5.98. The van der Waals surface area contributed by atoms with Crippen molar-refractivity contribution < 1.29 is 0 Å². The van der Waals surface area contributed by atoms with E-state index in [1.54, 1.807) is 0 Å². The molecule has 2 atom stereocenters. The molecule has 0 bridgehead atoms. The van der Waals surface area contributed by atoms with Crippen molar-refractivity contribution in [3.63, 3.8) is 0 Å². The molecular formula is C24H28Cl3N5. The van der Waals surface area contributed by atoms with E-state index < -0.39 is 0 Å². The van der Waals surface area contributed by atoms with Gasteiger partial charge in [-0.15, -0.1) is 24.8 Å². The smallest absolute Gasteiger partial charge is 0.186 e. The van der Waals surface area contributed by atoms with Gasteiger partial charge in [0.05, 0.1) is 17.8 Å². The van der Waals surface area contributed by atoms with Crippen LogP contribution in [-0.2, 0) is 0 Å². The fourth-order valence-electron chi connectivity index (χ4n) is 3.97. The molecular weight excluding hydrogens is 465 g/mol. The molecule has 170 valence electrons. The van der Waals surface area contributed by atoms with Gasteiger partial charge in [0.15, 0.2) is 5.96 Å². The number of nitrogens with zero attached hydrogens (tertiary/aromatic N) is 2. The Hall–Kier alpha value is -2.47. The number of fused-ring (bicyclic) bond motifs is 1. The van der Waals surface area contributed by atoms with Crippen LogP contribution in [0, 0.1) is 0 Å². The Kier molecular flexibility index (Phi) is 9.63. The molecule has 0 spiro atoms. The lowest BCUT2D eigenvalue weighted by molar-refractivity contribution is 0.405. The molecule has 1 fully saturated rings. The Morgan fingerprint density at radius 1 is 1.00 bits per heavy atom. The van der Waals surface area contributed by atoms with Gasteiger partial charge in [0.1, 0.15) is 5.82 Å². The van der Waals surface area contributed by atoms with Gasteiger partial charge < -0.3 is 16.8 Å². The van der Waals surface area contributed by atoms with Crippen molar-refractivity contribution in [3.8, 4) is 0 Å². The molecule has 4 rings (SSSR count). The van der Waals surface area contributed by atoms with Crippen LogP contribution in [0.5, 0.6) is 0 Å². The normalized spacial score (nSPS) is 17.9. The van der Waals surface area contributed by atoms with Crippen molar-refractivity contribution in [3.05, 3.63) is 70.9 Å². The third-order valence-corrected chi connectivity index (χ3v) is 5.70. The second-order valence-corrected chi connectivity index (χ2v) is 8.09. The number of nitrogens with one attached hydrogen (secondary N) is 1. The first-order valence-electron chi connectivity index (χ1n) is 10.3. The van der Waals surface area contributed by atoms with E-state index in [1.807, 2.05) is 48.6 Å². The molecule has 3 aromatic rings. The second-order valence-electron chi connectivity index (χ2n) is 7.66. The number of anilines is 1. The van der Waals surface area contributed by atoms with Gasteiger partial charge in [0.2, 0.25) is 0 Å². The predicted molar refractivity (Wildman–Crippen MR) is 142 cm³/mol. The van der Waals surface area contributed by atoms with Crippen LogP contribution in [-0.4, -0.2) is 23.0 Å². The second kappa shape index (κ2) is 12.0. The largest absolute Gasteiger partial charge is 0.370 e. The number of pyridine rings is 1. The number of nitrogens with two attached hydrogens (primary N) is 2. The number of guanidine groups is 1. The molecule has 0 radical (unpaired) electrons. The molecule has 2 aromatic carbocycles. The molecule has 2 unspecified atom stereocenters. The van der Waals surface area contributed by atoms with Crippen LogP contribution in [0.1, 0.15) is 36.9 Å². The number of halogens is 3. The number of hydrogen-bond acceptors (Lipinski definition) is 3. The average Bonchev–Trinajstić information content (AvgIpc) is 2.74. The standard InChI is InChI=1S/C24H26ClN5.2ClH/c25-18-12-9-16(10-13-18)11-14-19-15-17-5-1-2-6-20(17)23(28-19)29-21-7-3-4-8-22(21)30-24(26)27;;/h1-2,5-6,9-15,21-22H,3-4,7-8H2,(H,28,29)(H4,26,27,30);2*1H/b14-11+;;. The minimum Gasteiger partial charge on any atom is -0.370 e. The highest BCUT2D eigenvalue weighted by atomic mass is 35.5. The molecule has 1 heterocycles. The molecule has 0 amide bonds. The average molecular weight is 493 g/mol. The molecule has 1 saturated carbocycles. The van der Waals surface area contributed by atoms with E-state index >= 15 is 0 Å². The third-order valence-electron chi connectivity index (χ3n) is 5.44. The zero-order chi connectivity index (χ0) is 20.9. The van der Waals surface area contributed by atoms with Gasteiger partial charge in [0, 0.05) is 10.4 Å². The lowest BCUT2D eigenvalue weighted by Crippen LogP contribution is -2.38. The molecule has 1 aliphatic rings. The first kappa shape index (κ1) is 25.8. The fraction of sp³-hybridized carbons (Fsp3) is 0.250. The first-order valence-corrected chi connectivity index (χ1v) is 10.6. The molecule has 5 nitrogen and oxygen atoms in total. The van der Waals surface area contributed by atoms with Crippen LogP contribution in [0.4, 0.5) is 5.82 Å². The van der Waals surface area contributed by atoms with E-state index in [4.69, 9.17) is 28.1 Å². The van der Waals surface area contributed by atoms with Gasteiger partial charge in [-0.25, -0.2) is 9.98 Å². The summed E-state index contributed by atoms with van der Waals surface area (Å²) in [7, 11) is 0. The number of hydrogen-bond donors (Lipinski definition) is 3. The summed E-state index contributed by atoms with van der Waals surface area (Å²) in [6, 6.07) is 18.3. The Balaban J connectivity index is 0.00000181. The van der Waals surface area contributed by atoms with E-state index in [-0.39, 0.29) is 42.9 Å². The van der Waals surface area contributed by atoms with Crippen LogP contribution in [0.3, 0.4) is 0 Å². The number of benzene rings is 2. The molecule has 1 aromatic heterocycles. The maximum Gasteiger partial charge on any atom is 0.186 e. The van der Waals surface area contributed by atoms with Crippen molar-refractivity contribution in [1.82, 2.24) is 4.98 Å². The molecule has 5 N–H and O–H groups in total. The summed E-state index contributed by atoms with van der Waals surface area (Å²) in [5, 5.41) is 6.60. The van der Waals surface area contributed by atoms with E-state index in [9.17, 15) is 0 Å². The van der Waals surface area contributed by atoms with Gasteiger partial charge >= 0.3 is 0 Å². The lowest BCUT2D eigenvalue weighted by atomic mass is 9.90. The molecule has 0 saturated heterocycles. The number of aromatic nitrogens is 1. The SMILES string of the molecule is Cl.Cl.NC(N)=NC1CCCCC1Nc1nc(/C=C/c2ccc(Cl)cc2)cc2ccccc12. The fourth-order valence-corrected chi connectivity index (χ4v) is 4.10. The van der Waals surface area contributed by atoms with Gasteiger partial charge in [-0.05, 0) is 48.1 Å². The number of aliphatic imine (C=N–C) groups is 1. The van der Waals surface area contributed by atoms with Crippen LogP contribution in [0.25, 0.3) is 22.9 Å². The van der Waals surface area contributed by atoms with Gasteiger partial charge in [-0.1, -0.05) is 66.9 Å². The highest BCUT2D eigenvalue weighted by Crippen LogP contribution is 2.29. The van der Waals surface area contributed by atoms with Crippen molar-refractivity contribution >= 4 is 71.1 Å². The molecule has 32 heavy (non-hydrogen) atoms. The van der Waals surface area contributed by atoms with Crippen molar-refractivity contribution in [2.24, 2.45) is 16.5 Å². The monoisotopic (exact) mass is 491 g/mol. The maximum atomic E-state index is 5.98. The van der Waals surface area contributed by atoms with E-state index in [0.29, 0.717) is 0 Å². The van der Waals surface area contributed by atoms with E-state index in [0.717, 1.165) is 58.6 Å². The summed E-state index contributed by atoms with van der Waals surface area (Å²) < 4.78 is 0. The zero-order valence-electron chi connectivity index (χ0n) is 17.6. The topological polar surface area (TPSA) is 89.3 Å². The summed E-state index contributed by atoms with van der Waals surface area (Å²) in [6.45, 7) is 0. The summed E-state index contributed by atoms with van der Waals surface area (Å²) >= 11 is 5.98. The Morgan fingerprint density at radius 2 is 1.72 bits per heavy atom. The summed E-state index contributed by atoms with van der Waals surface area (Å²) in [5.74, 6) is 1.01. The van der Waals surface area contributed by atoms with Gasteiger partial charge in [-0.2, -0.15) is 0 Å². The Labute approximate surface area is 206 Å². The quantitative estimate of drug-likeness (QED) is 0.305. The summed E-state index contributed by atoms with van der Waals surface area (Å²) in [4.78, 5) is 9.36. The zero-order valence-corrected chi connectivity index (χ0v) is 20.0. The minimum absolute atomic E-state index is 0. The predicted octanol–water partition coefficient (Wildman–Crippen LogP) is 5.90. The molecule has 0 aliphatic heterocycles. The lowest BCUT2D eigenvalue weighted by Gasteiger charge is -2.30.